The van der Waals surface area contributed by atoms with E-state index in [0.717, 1.165) is 26.2 Å². The fourth-order valence-electron chi connectivity index (χ4n) is 1.74. The summed E-state index contributed by atoms with van der Waals surface area (Å²) in [4.78, 5) is 16.5. The van der Waals surface area contributed by atoms with E-state index in [0.29, 0.717) is 18.2 Å². The molecule has 88 valence electrons. The Morgan fingerprint density at radius 2 is 1.67 bits per heavy atom. The maximum Gasteiger partial charge on any atom is 0.149 e. The minimum Gasteiger partial charge on any atom is -0.304 e. The third-order valence-corrected chi connectivity index (χ3v) is 3.48. The van der Waals surface area contributed by atoms with Crippen molar-refractivity contribution in [3.63, 3.8) is 0 Å². The molecule has 0 aromatic heterocycles. The summed E-state index contributed by atoms with van der Waals surface area (Å²) in [5, 5.41) is 0. The lowest BCUT2D eigenvalue weighted by molar-refractivity contribution is -0.125. The van der Waals surface area contributed by atoms with Crippen molar-refractivity contribution in [1.29, 1.82) is 0 Å². The minimum atomic E-state index is 0.199. The minimum absolute atomic E-state index is 0.199. The lowest BCUT2D eigenvalue weighted by Gasteiger charge is -2.32. The van der Waals surface area contributed by atoms with Gasteiger partial charge in [-0.1, -0.05) is 20.8 Å². The molecular formula is C12H24N2O. The standard InChI is InChI=1S/C12H24N2O/c1-10(2)11(3)12(15)9-14-7-5-13(4)6-8-14/h10-11H,5-9H2,1-4H3/t11-/m0/s1. The Morgan fingerprint density at radius 1 is 1.13 bits per heavy atom. The molecule has 0 radical (unpaired) electrons. The Balaban J connectivity index is 2.32. The monoisotopic (exact) mass is 212 g/mol. The van der Waals surface area contributed by atoms with E-state index in [2.05, 4.69) is 30.7 Å². The Hall–Kier alpha value is -0.410. The normalized spacial score (nSPS) is 21.9. The van der Waals surface area contributed by atoms with Gasteiger partial charge in [0.25, 0.3) is 0 Å². The first-order valence-electron chi connectivity index (χ1n) is 5.94. The first kappa shape index (κ1) is 12.7. The number of nitrogens with zero attached hydrogens (tertiary/aromatic N) is 2. The lowest BCUT2D eigenvalue weighted by Crippen LogP contribution is -2.47. The highest BCUT2D eigenvalue weighted by Crippen LogP contribution is 2.12. The average molecular weight is 212 g/mol. The van der Waals surface area contributed by atoms with Gasteiger partial charge in [0.2, 0.25) is 0 Å². The van der Waals surface area contributed by atoms with Gasteiger partial charge in [-0.25, -0.2) is 0 Å². The number of Topliss-reactive ketones (excluding diaryl/α,β-unsaturated/α-hetero) is 1. The summed E-state index contributed by atoms with van der Waals surface area (Å²) < 4.78 is 0. The first-order valence-corrected chi connectivity index (χ1v) is 5.94. The Labute approximate surface area is 93.4 Å². The summed E-state index contributed by atoms with van der Waals surface area (Å²) >= 11 is 0. The van der Waals surface area contributed by atoms with Gasteiger partial charge in [-0.05, 0) is 13.0 Å². The summed E-state index contributed by atoms with van der Waals surface area (Å²) in [5.74, 6) is 1.06. The van der Waals surface area contributed by atoms with E-state index in [-0.39, 0.29) is 5.92 Å². The molecule has 1 saturated heterocycles. The third kappa shape index (κ3) is 3.92. The van der Waals surface area contributed by atoms with Gasteiger partial charge in [-0.2, -0.15) is 0 Å². The van der Waals surface area contributed by atoms with Crippen LogP contribution in [0.25, 0.3) is 0 Å². The second-order valence-corrected chi connectivity index (χ2v) is 5.08. The van der Waals surface area contributed by atoms with Crippen LogP contribution in [0.4, 0.5) is 0 Å². The van der Waals surface area contributed by atoms with Crippen LogP contribution in [0.2, 0.25) is 0 Å². The largest absolute Gasteiger partial charge is 0.304 e. The van der Waals surface area contributed by atoms with Crippen LogP contribution in [-0.4, -0.2) is 55.4 Å². The zero-order valence-electron chi connectivity index (χ0n) is 10.5. The fourth-order valence-corrected chi connectivity index (χ4v) is 1.74. The van der Waals surface area contributed by atoms with Gasteiger partial charge in [0.05, 0.1) is 6.54 Å². The van der Waals surface area contributed by atoms with E-state index in [1.54, 1.807) is 0 Å². The van der Waals surface area contributed by atoms with Crippen molar-refractivity contribution in [1.82, 2.24) is 9.80 Å². The molecule has 1 fully saturated rings. The van der Waals surface area contributed by atoms with E-state index in [1.165, 1.54) is 0 Å². The summed E-state index contributed by atoms with van der Waals surface area (Å²) in [5.41, 5.74) is 0. The SMILES string of the molecule is CC(C)[C@H](C)C(=O)CN1CCN(C)CC1. The highest BCUT2D eigenvalue weighted by molar-refractivity contribution is 5.82. The summed E-state index contributed by atoms with van der Waals surface area (Å²) in [6.45, 7) is 11.2. The summed E-state index contributed by atoms with van der Waals surface area (Å²) in [6.07, 6.45) is 0. The van der Waals surface area contributed by atoms with Crippen LogP contribution in [0.15, 0.2) is 0 Å². The number of likely N-dealkylation sites (N-methyl/N-ethyl adjacent to an activating group) is 1. The van der Waals surface area contributed by atoms with Crippen molar-refractivity contribution in [3.8, 4) is 0 Å². The number of rotatable bonds is 4. The van der Waals surface area contributed by atoms with Gasteiger partial charge in [0.1, 0.15) is 5.78 Å². The molecule has 0 saturated carbocycles. The van der Waals surface area contributed by atoms with E-state index in [4.69, 9.17) is 0 Å². The van der Waals surface area contributed by atoms with Gasteiger partial charge in [0, 0.05) is 32.1 Å². The molecule has 1 atom stereocenters. The third-order valence-electron chi connectivity index (χ3n) is 3.48. The van der Waals surface area contributed by atoms with Crippen molar-refractivity contribution in [2.24, 2.45) is 11.8 Å². The van der Waals surface area contributed by atoms with Crippen LogP contribution in [0.5, 0.6) is 0 Å². The van der Waals surface area contributed by atoms with Crippen LogP contribution < -0.4 is 0 Å². The zero-order chi connectivity index (χ0) is 11.4. The van der Waals surface area contributed by atoms with Crippen LogP contribution >= 0.6 is 0 Å². The zero-order valence-corrected chi connectivity index (χ0v) is 10.5. The van der Waals surface area contributed by atoms with Gasteiger partial charge < -0.3 is 4.90 Å². The molecule has 3 nitrogen and oxygen atoms in total. The smallest absolute Gasteiger partial charge is 0.149 e. The van der Waals surface area contributed by atoms with Crippen molar-refractivity contribution in [3.05, 3.63) is 0 Å². The molecule has 3 heteroatoms. The van der Waals surface area contributed by atoms with E-state index in [9.17, 15) is 4.79 Å². The van der Waals surface area contributed by atoms with E-state index in [1.807, 2.05) is 6.92 Å². The molecule has 0 bridgehead atoms. The van der Waals surface area contributed by atoms with Crippen molar-refractivity contribution in [2.75, 3.05) is 39.8 Å². The number of carbonyl (C=O) groups excluding carboxylic acids is 1. The molecule has 0 unspecified atom stereocenters. The van der Waals surface area contributed by atoms with E-state index >= 15 is 0 Å². The van der Waals surface area contributed by atoms with Crippen molar-refractivity contribution >= 4 is 5.78 Å². The molecule has 0 N–H and O–H groups in total. The van der Waals surface area contributed by atoms with Crippen LogP contribution in [0.3, 0.4) is 0 Å². The van der Waals surface area contributed by atoms with Gasteiger partial charge >= 0.3 is 0 Å². The maximum absolute atomic E-state index is 11.9. The molecule has 0 aliphatic carbocycles. The second kappa shape index (κ2) is 5.61. The molecule has 1 rings (SSSR count). The van der Waals surface area contributed by atoms with Crippen LogP contribution in [-0.2, 0) is 4.79 Å². The Kier molecular flexibility index (Phi) is 4.74. The molecule has 1 aliphatic heterocycles. The lowest BCUT2D eigenvalue weighted by atomic mass is 9.93. The number of hydrogen-bond acceptors (Lipinski definition) is 3. The molecular weight excluding hydrogens is 188 g/mol. The topological polar surface area (TPSA) is 23.6 Å². The molecule has 0 spiro atoms. The fraction of sp³-hybridized carbons (Fsp3) is 0.917. The maximum atomic E-state index is 11.9. The Bertz CT molecular complexity index is 208. The second-order valence-electron chi connectivity index (χ2n) is 5.08. The van der Waals surface area contributed by atoms with Gasteiger partial charge in [-0.3, -0.25) is 9.69 Å². The Morgan fingerprint density at radius 3 is 2.13 bits per heavy atom. The average Bonchev–Trinajstić information content (AvgIpc) is 2.20. The predicted octanol–water partition coefficient (Wildman–Crippen LogP) is 1.09. The quantitative estimate of drug-likeness (QED) is 0.697. The highest BCUT2D eigenvalue weighted by Gasteiger charge is 2.21. The van der Waals surface area contributed by atoms with E-state index < -0.39 is 0 Å². The molecule has 0 aromatic rings. The number of ketones is 1. The molecule has 1 aliphatic rings. The molecule has 1 heterocycles. The highest BCUT2D eigenvalue weighted by atomic mass is 16.1. The van der Waals surface area contributed by atoms with Gasteiger partial charge in [-0.15, -0.1) is 0 Å². The first-order chi connectivity index (χ1) is 7.00. The number of hydrogen-bond donors (Lipinski definition) is 0. The van der Waals surface area contributed by atoms with Crippen LogP contribution in [0.1, 0.15) is 20.8 Å². The molecule has 15 heavy (non-hydrogen) atoms. The number of carbonyl (C=O) groups is 1. The van der Waals surface area contributed by atoms with Crippen molar-refractivity contribution in [2.45, 2.75) is 20.8 Å². The number of piperazine rings is 1. The van der Waals surface area contributed by atoms with Gasteiger partial charge in [0.15, 0.2) is 0 Å². The molecule has 0 aromatic carbocycles. The van der Waals surface area contributed by atoms with Crippen LogP contribution in [0, 0.1) is 11.8 Å². The summed E-state index contributed by atoms with van der Waals surface area (Å²) in [7, 11) is 2.13. The van der Waals surface area contributed by atoms with Crippen molar-refractivity contribution < 1.29 is 4.79 Å². The summed E-state index contributed by atoms with van der Waals surface area (Å²) in [6, 6.07) is 0. The predicted molar refractivity (Wildman–Crippen MR) is 62.9 cm³/mol. The molecule has 0 amide bonds.